The van der Waals surface area contributed by atoms with Gasteiger partial charge in [0.05, 0.1) is 5.60 Å². The number of halogens is 1. The van der Waals surface area contributed by atoms with E-state index in [1.807, 2.05) is 26.8 Å². The third kappa shape index (κ3) is 4.91. The molecule has 128 valence electrons. The highest BCUT2D eigenvalue weighted by Crippen LogP contribution is 2.36. The summed E-state index contributed by atoms with van der Waals surface area (Å²) in [6, 6.07) is 1.86. The van der Waals surface area contributed by atoms with E-state index in [0.717, 1.165) is 22.9 Å². The Labute approximate surface area is 146 Å². The molecule has 0 spiro atoms. The molecule has 0 unspecified atom stereocenters. The van der Waals surface area contributed by atoms with Crippen molar-refractivity contribution in [2.45, 2.75) is 57.7 Å². The maximum Gasteiger partial charge on any atom is 0.410 e. The normalized spacial score (nSPS) is 18.9. The topological polar surface area (TPSA) is 62.7 Å². The van der Waals surface area contributed by atoms with E-state index in [4.69, 9.17) is 4.74 Å². The van der Waals surface area contributed by atoms with Crippen LogP contribution >= 0.6 is 15.9 Å². The fourth-order valence-corrected chi connectivity index (χ4v) is 3.51. The molecule has 0 saturated carbocycles. The first-order valence-electron chi connectivity index (χ1n) is 8.02. The molecule has 2 heterocycles. The van der Waals surface area contributed by atoms with Crippen LogP contribution in [0.25, 0.3) is 0 Å². The molecular formula is C17H25BrN2O3. The lowest BCUT2D eigenvalue weighted by Crippen LogP contribution is -2.41. The monoisotopic (exact) mass is 384 g/mol. The Bertz CT molecular complexity index is 547. The predicted octanol–water partition coefficient (Wildman–Crippen LogP) is 3.84. The maximum absolute atomic E-state index is 12.2. The summed E-state index contributed by atoms with van der Waals surface area (Å²) in [7, 11) is 0. The van der Waals surface area contributed by atoms with Gasteiger partial charge in [0.25, 0.3) is 0 Å². The highest BCUT2D eigenvalue weighted by molar-refractivity contribution is 9.10. The van der Waals surface area contributed by atoms with Gasteiger partial charge in [-0.3, -0.25) is 4.98 Å². The van der Waals surface area contributed by atoms with E-state index in [1.54, 1.807) is 17.3 Å². The quantitative estimate of drug-likeness (QED) is 0.798. The Morgan fingerprint density at radius 1 is 1.35 bits per heavy atom. The summed E-state index contributed by atoms with van der Waals surface area (Å²) < 4.78 is 6.26. The van der Waals surface area contributed by atoms with E-state index in [1.165, 1.54) is 0 Å². The van der Waals surface area contributed by atoms with E-state index in [0.29, 0.717) is 25.9 Å². The number of likely N-dealkylation sites (tertiary alicyclic amines) is 1. The standard InChI is InChI=1S/C17H25BrN2O3/c1-16(2,3)23-15(21)20-10-4-7-17(22,8-5-11-20)13-6-9-19-12-14(13)18/h6,9,12,22H,4-5,7-8,10-11H2,1-3H3. The average molecular weight is 385 g/mol. The first-order valence-corrected chi connectivity index (χ1v) is 8.81. The van der Waals surface area contributed by atoms with Crippen LogP contribution < -0.4 is 0 Å². The van der Waals surface area contributed by atoms with Crippen LogP contribution in [0.5, 0.6) is 0 Å². The second-order valence-corrected chi connectivity index (χ2v) is 7.92. The number of carbonyl (C=O) groups is 1. The van der Waals surface area contributed by atoms with Crippen molar-refractivity contribution in [3.05, 3.63) is 28.5 Å². The van der Waals surface area contributed by atoms with Crippen LogP contribution in [0.15, 0.2) is 22.9 Å². The maximum atomic E-state index is 12.2. The van der Waals surface area contributed by atoms with Crippen molar-refractivity contribution in [2.24, 2.45) is 0 Å². The number of ether oxygens (including phenoxy) is 1. The lowest BCUT2D eigenvalue weighted by molar-refractivity contribution is -0.00891. The molecule has 1 amide bonds. The minimum atomic E-state index is -0.873. The second kappa shape index (κ2) is 7.18. The van der Waals surface area contributed by atoms with Crippen molar-refractivity contribution in [1.82, 2.24) is 9.88 Å². The van der Waals surface area contributed by atoms with Gasteiger partial charge < -0.3 is 14.7 Å². The zero-order chi connectivity index (χ0) is 17.1. The van der Waals surface area contributed by atoms with Gasteiger partial charge >= 0.3 is 6.09 Å². The molecule has 5 nitrogen and oxygen atoms in total. The minimum absolute atomic E-state index is 0.270. The molecule has 1 fully saturated rings. The van der Waals surface area contributed by atoms with Crippen molar-refractivity contribution >= 4 is 22.0 Å². The van der Waals surface area contributed by atoms with Gasteiger partial charge in [-0.15, -0.1) is 0 Å². The molecular weight excluding hydrogens is 360 g/mol. The highest BCUT2D eigenvalue weighted by atomic mass is 79.9. The number of carbonyl (C=O) groups excluding carboxylic acids is 1. The summed E-state index contributed by atoms with van der Waals surface area (Å²) in [6.07, 6.45) is 5.80. The van der Waals surface area contributed by atoms with Crippen molar-refractivity contribution in [1.29, 1.82) is 0 Å². The van der Waals surface area contributed by atoms with E-state index in [9.17, 15) is 9.90 Å². The Balaban J connectivity index is 2.02. The Kier molecular flexibility index (Phi) is 5.68. The van der Waals surface area contributed by atoms with Crippen LogP contribution in [0, 0.1) is 0 Å². The third-order valence-electron chi connectivity index (χ3n) is 3.96. The summed E-state index contributed by atoms with van der Waals surface area (Å²) in [5.41, 5.74) is -0.484. The Hall–Kier alpha value is -1.14. The van der Waals surface area contributed by atoms with Crippen LogP contribution in [-0.2, 0) is 10.3 Å². The summed E-state index contributed by atoms with van der Waals surface area (Å²) >= 11 is 3.47. The van der Waals surface area contributed by atoms with Crippen molar-refractivity contribution in [3.63, 3.8) is 0 Å². The van der Waals surface area contributed by atoms with Gasteiger partial charge in [-0.1, -0.05) is 0 Å². The molecule has 1 aliphatic rings. The number of aromatic nitrogens is 1. The van der Waals surface area contributed by atoms with Gasteiger partial charge in [0, 0.05) is 35.5 Å². The first-order chi connectivity index (χ1) is 10.7. The van der Waals surface area contributed by atoms with Crippen LogP contribution in [0.4, 0.5) is 4.79 Å². The van der Waals surface area contributed by atoms with E-state index in [2.05, 4.69) is 20.9 Å². The average Bonchev–Trinajstić information content (AvgIpc) is 2.41. The summed E-state index contributed by atoms with van der Waals surface area (Å²) in [4.78, 5) is 18.0. The number of rotatable bonds is 1. The number of hydrogen-bond acceptors (Lipinski definition) is 4. The van der Waals surface area contributed by atoms with Crippen molar-refractivity contribution in [3.8, 4) is 0 Å². The largest absolute Gasteiger partial charge is 0.444 e. The number of amides is 1. The fourth-order valence-electron chi connectivity index (χ4n) is 2.89. The van der Waals surface area contributed by atoms with E-state index in [-0.39, 0.29) is 6.09 Å². The molecule has 1 saturated heterocycles. The zero-order valence-corrected chi connectivity index (χ0v) is 15.6. The van der Waals surface area contributed by atoms with Gasteiger partial charge in [-0.05, 0) is 68.5 Å². The zero-order valence-electron chi connectivity index (χ0n) is 14.0. The van der Waals surface area contributed by atoms with Crippen LogP contribution in [0.1, 0.15) is 52.0 Å². The molecule has 23 heavy (non-hydrogen) atoms. The Morgan fingerprint density at radius 3 is 2.48 bits per heavy atom. The first kappa shape index (κ1) is 18.2. The molecule has 6 heteroatoms. The SMILES string of the molecule is CC(C)(C)OC(=O)N1CCCC(O)(c2ccncc2Br)CCC1. The molecule has 0 bridgehead atoms. The molecule has 1 aromatic heterocycles. The van der Waals surface area contributed by atoms with Crippen LogP contribution in [0.2, 0.25) is 0 Å². The number of pyridine rings is 1. The van der Waals surface area contributed by atoms with E-state index >= 15 is 0 Å². The molecule has 0 radical (unpaired) electrons. The number of nitrogens with zero attached hydrogens (tertiary/aromatic N) is 2. The Morgan fingerprint density at radius 2 is 1.96 bits per heavy atom. The van der Waals surface area contributed by atoms with Crippen molar-refractivity contribution < 1.29 is 14.6 Å². The lowest BCUT2D eigenvalue weighted by atomic mass is 9.84. The smallest absolute Gasteiger partial charge is 0.410 e. The van der Waals surface area contributed by atoms with Crippen LogP contribution in [0.3, 0.4) is 0 Å². The number of hydrogen-bond donors (Lipinski definition) is 1. The molecule has 1 N–H and O–H groups in total. The van der Waals surface area contributed by atoms with Gasteiger partial charge in [0.2, 0.25) is 0 Å². The molecule has 0 aromatic carbocycles. The van der Waals surface area contributed by atoms with Gasteiger partial charge in [-0.2, -0.15) is 0 Å². The molecule has 2 rings (SSSR count). The second-order valence-electron chi connectivity index (χ2n) is 7.06. The molecule has 1 aliphatic heterocycles. The van der Waals surface area contributed by atoms with E-state index < -0.39 is 11.2 Å². The van der Waals surface area contributed by atoms with Gasteiger partial charge in [0.15, 0.2) is 0 Å². The summed E-state index contributed by atoms with van der Waals surface area (Å²) in [6.45, 7) is 6.80. The molecule has 0 atom stereocenters. The van der Waals surface area contributed by atoms with Crippen molar-refractivity contribution in [2.75, 3.05) is 13.1 Å². The van der Waals surface area contributed by atoms with Gasteiger partial charge in [0.1, 0.15) is 5.60 Å². The number of aliphatic hydroxyl groups is 1. The summed E-state index contributed by atoms with van der Waals surface area (Å²) in [5.74, 6) is 0. The fraction of sp³-hybridized carbons (Fsp3) is 0.647. The lowest BCUT2D eigenvalue weighted by Gasteiger charge is -2.35. The van der Waals surface area contributed by atoms with Crippen LogP contribution in [-0.4, -0.2) is 39.8 Å². The summed E-state index contributed by atoms with van der Waals surface area (Å²) in [5, 5.41) is 11.0. The predicted molar refractivity (Wildman–Crippen MR) is 92.1 cm³/mol. The third-order valence-corrected chi connectivity index (χ3v) is 4.59. The van der Waals surface area contributed by atoms with Gasteiger partial charge in [-0.25, -0.2) is 4.79 Å². The molecule has 0 aliphatic carbocycles. The molecule has 1 aromatic rings. The minimum Gasteiger partial charge on any atom is -0.444 e. The highest BCUT2D eigenvalue weighted by Gasteiger charge is 2.33.